The predicted octanol–water partition coefficient (Wildman–Crippen LogP) is 0.690. The molecule has 1 aliphatic heterocycles. The lowest BCUT2D eigenvalue weighted by Crippen LogP contribution is -2.41. The second-order valence-corrected chi connectivity index (χ2v) is 6.10. The summed E-state index contributed by atoms with van der Waals surface area (Å²) in [6.07, 6.45) is 0.147. The van der Waals surface area contributed by atoms with Gasteiger partial charge in [-0.05, 0) is 31.0 Å². The van der Waals surface area contributed by atoms with Gasteiger partial charge in [-0.1, -0.05) is 13.0 Å². The number of hydrogen-bond donors (Lipinski definition) is 3. The normalized spacial score (nSPS) is 20.3. The molecule has 1 aromatic rings. The summed E-state index contributed by atoms with van der Waals surface area (Å²) in [5, 5.41) is 12.1. The Labute approximate surface area is 112 Å². The molecule has 0 saturated heterocycles. The number of aliphatic hydroxyl groups is 1. The molecule has 1 aromatic carbocycles. The highest BCUT2D eigenvalue weighted by atomic mass is 32.2. The van der Waals surface area contributed by atoms with E-state index in [4.69, 9.17) is 5.11 Å². The average Bonchev–Trinajstić information content (AvgIpc) is 2.35. The van der Waals surface area contributed by atoms with Crippen LogP contribution in [0.25, 0.3) is 0 Å². The van der Waals surface area contributed by atoms with Crippen molar-refractivity contribution in [3.8, 4) is 0 Å². The number of aliphatic hydroxyl groups excluding tert-OH is 1. The minimum absolute atomic E-state index is 0.132. The molecule has 1 aliphatic rings. The van der Waals surface area contributed by atoms with Gasteiger partial charge in [-0.15, -0.1) is 0 Å². The summed E-state index contributed by atoms with van der Waals surface area (Å²) >= 11 is 0. The number of fused-ring (bicyclic) bond motifs is 1. The molecule has 7 heteroatoms. The van der Waals surface area contributed by atoms with Gasteiger partial charge in [-0.2, -0.15) is 0 Å². The molecule has 19 heavy (non-hydrogen) atoms. The van der Waals surface area contributed by atoms with Crippen LogP contribution < -0.4 is 10.0 Å². The molecule has 104 valence electrons. The van der Waals surface area contributed by atoms with Crippen molar-refractivity contribution in [1.29, 1.82) is 0 Å². The van der Waals surface area contributed by atoms with Crippen LogP contribution in [0.3, 0.4) is 0 Å². The zero-order valence-electron chi connectivity index (χ0n) is 10.8. The van der Waals surface area contributed by atoms with Crippen molar-refractivity contribution in [2.45, 2.75) is 31.3 Å². The van der Waals surface area contributed by atoms with Gasteiger partial charge in [-0.3, -0.25) is 0 Å². The molecule has 0 saturated carbocycles. The number of nitrogens with one attached hydrogen (secondary N) is 2. The van der Waals surface area contributed by atoms with E-state index in [0.717, 1.165) is 12.0 Å². The second-order valence-electron chi connectivity index (χ2n) is 4.45. The third-order valence-corrected chi connectivity index (χ3v) is 4.12. The number of hydrogen-bond acceptors (Lipinski definition) is 4. The van der Waals surface area contributed by atoms with Crippen molar-refractivity contribution in [1.82, 2.24) is 4.72 Å². The second kappa shape index (κ2) is 5.18. The van der Waals surface area contributed by atoms with E-state index in [1.54, 1.807) is 19.1 Å². The molecule has 0 fully saturated rings. The van der Waals surface area contributed by atoms with Crippen LogP contribution in [0.2, 0.25) is 0 Å². The molecule has 0 spiro atoms. The number of aliphatic imine (C=N–C) groups is 1. The minimum atomic E-state index is -3.60. The first kappa shape index (κ1) is 13.8. The summed E-state index contributed by atoms with van der Waals surface area (Å²) in [6.45, 7) is 3.68. The summed E-state index contributed by atoms with van der Waals surface area (Å²) in [5.41, 5.74) is 1.45. The van der Waals surface area contributed by atoms with Gasteiger partial charge < -0.3 is 10.4 Å². The molecular formula is C12H17N3O3S. The fourth-order valence-corrected chi connectivity index (χ4v) is 2.94. The summed E-state index contributed by atoms with van der Waals surface area (Å²) in [7, 11) is -3.60. The van der Waals surface area contributed by atoms with E-state index in [-0.39, 0.29) is 17.4 Å². The lowest BCUT2D eigenvalue weighted by atomic mass is 10.1. The van der Waals surface area contributed by atoms with Gasteiger partial charge in [0.2, 0.25) is 5.96 Å². The van der Waals surface area contributed by atoms with Crippen molar-refractivity contribution >= 4 is 21.7 Å². The van der Waals surface area contributed by atoms with Crippen molar-refractivity contribution < 1.29 is 13.5 Å². The van der Waals surface area contributed by atoms with Gasteiger partial charge in [0, 0.05) is 0 Å². The maximum absolute atomic E-state index is 12.1. The summed E-state index contributed by atoms with van der Waals surface area (Å²) in [6, 6.07) is 5.25. The minimum Gasteiger partial charge on any atom is -0.391 e. The number of anilines is 1. The molecule has 2 rings (SSSR count). The van der Waals surface area contributed by atoms with Crippen molar-refractivity contribution in [3.05, 3.63) is 23.8 Å². The zero-order valence-corrected chi connectivity index (χ0v) is 11.7. The highest BCUT2D eigenvalue weighted by molar-refractivity contribution is 7.90. The maximum atomic E-state index is 12.1. The van der Waals surface area contributed by atoms with Crippen LogP contribution in [0, 0.1) is 0 Å². The predicted molar refractivity (Wildman–Crippen MR) is 73.7 cm³/mol. The van der Waals surface area contributed by atoms with Crippen molar-refractivity contribution in [3.63, 3.8) is 0 Å². The smallest absolute Gasteiger partial charge is 0.266 e. The first-order chi connectivity index (χ1) is 8.92. The average molecular weight is 283 g/mol. The Bertz CT molecular complexity index is 609. The molecule has 0 bridgehead atoms. The Morgan fingerprint density at radius 1 is 1.42 bits per heavy atom. The van der Waals surface area contributed by atoms with Gasteiger partial charge in [0.05, 0.1) is 18.3 Å². The largest absolute Gasteiger partial charge is 0.391 e. The van der Waals surface area contributed by atoms with Gasteiger partial charge in [0.25, 0.3) is 10.0 Å². The molecule has 0 amide bonds. The number of sulfonamides is 1. The van der Waals surface area contributed by atoms with E-state index in [2.05, 4.69) is 15.0 Å². The summed E-state index contributed by atoms with van der Waals surface area (Å²) in [5.74, 6) is 0.137. The fraction of sp³-hybridized carbons (Fsp3) is 0.417. The Hall–Kier alpha value is -1.60. The van der Waals surface area contributed by atoms with Crippen molar-refractivity contribution in [2.24, 2.45) is 4.99 Å². The van der Waals surface area contributed by atoms with Gasteiger partial charge in [0.1, 0.15) is 4.90 Å². The molecule has 3 N–H and O–H groups in total. The Balaban J connectivity index is 2.38. The van der Waals surface area contributed by atoms with Crippen LogP contribution in [0.15, 0.2) is 28.1 Å². The standard InChI is InChI=1S/C12H17N3O3S/c1-3-9-4-5-10-11(6-9)19(17,18)15-12(14-10)13-7-8(2)16/h4-6,8,16H,3,7H2,1-2H3,(H2,13,14,15). The monoisotopic (exact) mass is 283 g/mol. The lowest BCUT2D eigenvalue weighted by Gasteiger charge is -2.22. The summed E-state index contributed by atoms with van der Waals surface area (Å²) < 4.78 is 26.6. The molecule has 1 atom stereocenters. The van der Waals surface area contributed by atoms with E-state index in [1.807, 2.05) is 13.0 Å². The van der Waals surface area contributed by atoms with Crippen LogP contribution in [0.1, 0.15) is 19.4 Å². The molecule has 0 aliphatic carbocycles. The third kappa shape index (κ3) is 3.05. The van der Waals surface area contributed by atoms with E-state index < -0.39 is 16.1 Å². The highest BCUT2D eigenvalue weighted by Gasteiger charge is 2.26. The fourth-order valence-electron chi connectivity index (χ4n) is 1.74. The first-order valence-electron chi connectivity index (χ1n) is 6.07. The number of benzene rings is 1. The van der Waals surface area contributed by atoms with Gasteiger partial charge in [0.15, 0.2) is 0 Å². The van der Waals surface area contributed by atoms with E-state index >= 15 is 0 Å². The molecule has 1 unspecified atom stereocenters. The van der Waals surface area contributed by atoms with Crippen LogP contribution in [0.4, 0.5) is 5.69 Å². The van der Waals surface area contributed by atoms with Crippen LogP contribution >= 0.6 is 0 Å². The van der Waals surface area contributed by atoms with Crippen LogP contribution in [-0.2, 0) is 16.4 Å². The Morgan fingerprint density at radius 3 is 2.79 bits per heavy atom. The number of aryl methyl sites for hydroxylation is 1. The first-order valence-corrected chi connectivity index (χ1v) is 7.56. The number of guanidine groups is 1. The van der Waals surface area contributed by atoms with Crippen LogP contribution in [-0.4, -0.2) is 32.1 Å². The van der Waals surface area contributed by atoms with E-state index in [1.165, 1.54) is 0 Å². The maximum Gasteiger partial charge on any atom is 0.266 e. The number of nitrogens with zero attached hydrogens (tertiary/aromatic N) is 1. The lowest BCUT2D eigenvalue weighted by molar-refractivity contribution is 0.204. The SMILES string of the molecule is CCc1ccc2c(c1)S(=O)(=O)NC(=NCC(C)O)N2. The molecular weight excluding hydrogens is 266 g/mol. The van der Waals surface area contributed by atoms with Gasteiger partial charge >= 0.3 is 0 Å². The Kier molecular flexibility index (Phi) is 3.77. The quantitative estimate of drug-likeness (QED) is 0.761. The molecule has 0 aromatic heterocycles. The molecule has 6 nitrogen and oxygen atoms in total. The zero-order chi connectivity index (χ0) is 14.0. The van der Waals surface area contributed by atoms with Gasteiger partial charge in [-0.25, -0.2) is 18.1 Å². The van der Waals surface area contributed by atoms with E-state index in [0.29, 0.717) is 5.69 Å². The molecule has 1 heterocycles. The highest BCUT2D eigenvalue weighted by Crippen LogP contribution is 2.25. The van der Waals surface area contributed by atoms with E-state index in [9.17, 15) is 8.42 Å². The molecule has 0 radical (unpaired) electrons. The van der Waals surface area contributed by atoms with Crippen LogP contribution in [0.5, 0.6) is 0 Å². The topological polar surface area (TPSA) is 90.8 Å². The summed E-state index contributed by atoms with van der Waals surface area (Å²) in [4.78, 5) is 4.21. The Morgan fingerprint density at radius 2 is 2.16 bits per heavy atom. The number of rotatable bonds is 3. The van der Waals surface area contributed by atoms with Crippen molar-refractivity contribution in [2.75, 3.05) is 11.9 Å². The third-order valence-electron chi connectivity index (χ3n) is 2.74.